The molecule has 3 rings (SSSR count). The molecule has 2 aromatic carbocycles. The molecule has 0 aliphatic heterocycles. The molecule has 148 valence electrons. The predicted octanol–water partition coefficient (Wildman–Crippen LogP) is 4.57. The van der Waals surface area contributed by atoms with E-state index in [1.807, 2.05) is 0 Å². The molecule has 1 saturated carbocycles. The minimum atomic E-state index is -0.289. The third kappa shape index (κ3) is 6.23. The van der Waals surface area contributed by atoms with Gasteiger partial charge in [0.15, 0.2) is 0 Å². The van der Waals surface area contributed by atoms with Crippen molar-refractivity contribution in [2.75, 3.05) is 11.9 Å². The van der Waals surface area contributed by atoms with Gasteiger partial charge in [0.25, 0.3) is 0 Å². The van der Waals surface area contributed by atoms with E-state index in [0.29, 0.717) is 36.6 Å². The summed E-state index contributed by atoms with van der Waals surface area (Å²) in [5.41, 5.74) is 1.59. The molecule has 0 unspecified atom stereocenters. The minimum absolute atomic E-state index is 0.109. The monoisotopic (exact) mass is 403 g/mol. The molecule has 0 heterocycles. The molecule has 0 aromatic heterocycles. The van der Waals surface area contributed by atoms with Crippen molar-refractivity contribution in [3.05, 3.63) is 64.9 Å². The van der Waals surface area contributed by atoms with Gasteiger partial charge in [-0.1, -0.05) is 23.7 Å². The van der Waals surface area contributed by atoms with E-state index in [1.165, 1.54) is 12.1 Å². The van der Waals surface area contributed by atoms with E-state index < -0.39 is 0 Å². The molecule has 1 aliphatic carbocycles. The summed E-state index contributed by atoms with van der Waals surface area (Å²) in [6.07, 6.45) is 2.82. The fourth-order valence-corrected chi connectivity index (χ4v) is 2.97. The van der Waals surface area contributed by atoms with E-state index in [9.17, 15) is 14.0 Å². The molecule has 2 N–H and O–H groups in total. The van der Waals surface area contributed by atoms with Crippen molar-refractivity contribution >= 4 is 29.2 Å². The number of halogens is 2. The molecular formula is C21H23ClFN3O2. The van der Waals surface area contributed by atoms with E-state index in [2.05, 4.69) is 10.6 Å². The zero-order valence-corrected chi connectivity index (χ0v) is 16.2. The summed E-state index contributed by atoms with van der Waals surface area (Å²) in [4.78, 5) is 26.2. The highest BCUT2D eigenvalue weighted by Crippen LogP contribution is 2.28. The molecule has 0 bridgehead atoms. The summed E-state index contributed by atoms with van der Waals surface area (Å²) >= 11 is 5.82. The Morgan fingerprint density at radius 1 is 1.07 bits per heavy atom. The van der Waals surface area contributed by atoms with Crippen molar-refractivity contribution in [3.8, 4) is 0 Å². The van der Waals surface area contributed by atoms with E-state index in [0.717, 1.165) is 18.4 Å². The molecule has 3 amide bonds. The topological polar surface area (TPSA) is 61.4 Å². The summed E-state index contributed by atoms with van der Waals surface area (Å²) in [5.74, 6) is -0.398. The van der Waals surface area contributed by atoms with E-state index in [4.69, 9.17) is 11.6 Å². The van der Waals surface area contributed by atoms with Gasteiger partial charge < -0.3 is 15.5 Å². The predicted molar refractivity (Wildman–Crippen MR) is 108 cm³/mol. The van der Waals surface area contributed by atoms with Crippen molar-refractivity contribution < 1.29 is 14.0 Å². The third-order valence-electron chi connectivity index (χ3n) is 4.50. The van der Waals surface area contributed by atoms with Crippen molar-refractivity contribution in [2.24, 2.45) is 0 Å². The van der Waals surface area contributed by atoms with Gasteiger partial charge in [0.05, 0.1) is 0 Å². The van der Waals surface area contributed by atoms with Crippen LogP contribution in [0.25, 0.3) is 0 Å². The van der Waals surface area contributed by atoms with Crippen molar-refractivity contribution in [1.82, 2.24) is 10.2 Å². The lowest BCUT2D eigenvalue weighted by Crippen LogP contribution is -2.41. The molecule has 0 saturated heterocycles. The van der Waals surface area contributed by atoms with Crippen LogP contribution in [0.4, 0.5) is 14.9 Å². The average molecular weight is 404 g/mol. The smallest absolute Gasteiger partial charge is 0.317 e. The number of urea groups is 1. The molecule has 7 heteroatoms. The molecule has 28 heavy (non-hydrogen) atoms. The average Bonchev–Trinajstić information content (AvgIpc) is 3.51. The van der Waals surface area contributed by atoms with Crippen molar-refractivity contribution in [2.45, 2.75) is 38.3 Å². The largest absolute Gasteiger partial charge is 0.338 e. The molecule has 0 atom stereocenters. The number of hydrogen-bond donors (Lipinski definition) is 2. The van der Waals surface area contributed by atoms with Crippen LogP contribution in [0.5, 0.6) is 0 Å². The maximum absolute atomic E-state index is 13.0. The number of carbonyl (C=O) groups excluding carboxylic acids is 2. The maximum atomic E-state index is 13.0. The molecule has 0 radical (unpaired) electrons. The normalized spacial score (nSPS) is 13.1. The van der Waals surface area contributed by atoms with Crippen LogP contribution in [0.2, 0.25) is 5.02 Å². The quantitative estimate of drug-likeness (QED) is 0.634. The van der Waals surface area contributed by atoms with E-state index in [-0.39, 0.29) is 23.8 Å². The highest BCUT2D eigenvalue weighted by molar-refractivity contribution is 6.30. The summed E-state index contributed by atoms with van der Waals surface area (Å²) in [6.45, 7) is 0.868. The first kappa shape index (κ1) is 20.1. The first-order valence-electron chi connectivity index (χ1n) is 9.35. The summed E-state index contributed by atoms with van der Waals surface area (Å²) in [6, 6.07) is 13.2. The van der Waals surface area contributed by atoms with Gasteiger partial charge in [0.1, 0.15) is 5.82 Å². The van der Waals surface area contributed by atoms with Crippen LogP contribution < -0.4 is 10.6 Å². The van der Waals surface area contributed by atoms with Gasteiger partial charge in [-0.15, -0.1) is 0 Å². The van der Waals surface area contributed by atoms with Gasteiger partial charge in [-0.2, -0.15) is 0 Å². The number of anilines is 1. The van der Waals surface area contributed by atoms with Gasteiger partial charge >= 0.3 is 6.03 Å². The Balaban J connectivity index is 1.40. The Kier molecular flexibility index (Phi) is 6.87. The highest BCUT2D eigenvalue weighted by Gasteiger charge is 2.32. The lowest BCUT2D eigenvalue weighted by molar-refractivity contribution is -0.116. The second-order valence-electron chi connectivity index (χ2n) is 6.88. The Labute approximate surface area is 168 Å². The highest BCUT2D eigenvalue weighted by atomic mass is 35.5. The second-order valence-corrected chi connectivity index (χ2v) is 7.31. The van der Waals surface area contributed by atoms with Gasteiger partial charge in [0.2, 0.25) is 5.91 Å². The SMILES string of the molecule is O=C(CCCNC(=O)N(Cc1ccc(F)cc1)C1CC1)Nc1ccc(Cl)cc1. The Bertz CT molecular complexity index is 807. The van der Waals surface area contributed by atoms with Crippen LogP contribution in [0.3, 0.4) is 0 Å². The molecule has 5 nitrogen and oxygen atoms in total. The number of nitrogens with one attached hydrogen (secondary N) is 2. The Hall–Kier alpha value is -2.60. The molecule has 1 fully saturated rings. The van der Waals surface area contributed by atoms with Crippen LogP contribution in [-0.4, -0.2) is 29.4 Å². The molecule has 2 aromatic rings. The Morgan fingerprint density at radius 2 is 1.75 bits per heavy atom. The van der Waals surface area contributed by atoms with Gasteiger partial charge in [-0.3, -0.25) is 4.79 Å². The standard InChI is InChI=1S/C21H23ClFN3O2/c22-16-5-9-18(10-6-16)25-20(27)2-1-13-24-21(28)26(19-11-12-19)14-15-3-7-17(23)8-4-15/h3-10,19H,1-2,11-14H2,(H,24,28)(H,25,27). The molecule has 0 spiro atoms. The fraction of sp³-hybridized carbons (Fsp3) is 0.333. The first-order valence-corrected chi connectivity index (χ1v) is 9.73. The van der Waals surface area contributed by atoms with E-state index >= 15 is 0 Å². The van der Waals surface area contributed by atoms with Crippen molar-refractivity contribution in [1.29, 1.82) is 0 Å². The molecule has 1 aliphatic rings. The number of hydrogen-bond acceptors (Lipinski definition) is 2. The lowest BCUT2D eigenvalue weighted by Gasteiger charge is -2.23. The van der Waals surface area contributed by atoms with Crippen LogP contribution in [0, 0.1) is 5.82 Å². The number of amides is 3. The van der Waals surface area contributed by atoms with E-state index in [1.54, 1.807) is 41.3 Å². The number of carbonyl (C=O) groups is 2. The number of benzene rings is 2. The zero-order chi connectivity index (χ0) is 19.9. The molecular weight excluding hydrogens is 381 g/mol. The zero-order valence-electron chi connectivity index (χ0n) is 15.5. The minimum Gasteiger partial charge on any atom is -0.338 e. The van der Waals surface area contributed by atoms with Crippen LogP contribution in [0.1, 0.15) is 31.2 Å². The van der Waals surface area contributed by atoms with Crippen LogP contribution >= 0.6 is 11.6 Å². The van der Waals surface area contributed by atoms with Gasteiger partial charge in [0, 0.05) is 36.3 Å². The van der Waals surface area contributed by atoms with Crippen LogP contribution in [0.15, 0.2) is 48.5 Å². The fourth-order valence-electron chi connectivity index (χ4n) is 2.84. The van der Waals surface area contributed by atoms with Gasteiger partial charge in [-0.25, -0.2) is 9.18 Å². The Morgan fingerprint density at radius 3 is 2.39 bits per heavy atom. The number of nitrogens with zero attached hydrogens (tertiary/aromatic N) is 1. The van der Waals surface area contributed by atoms with Crippen molar-refractivity contribution in [3.63, 3.8) is 0 Å². The maximum Gasteiger partial charge on any atom is 0.317 e. The summed E-state index contributed by atoms with van der Waals surface area (Å²) in [5, 5.41) is 6.28. The number of rotatable bonds is 8. The third-order valence-corrected chi connectivity index (χ3v) is 4.75. The summed E-state index contributed by atoms with van der Waals surface area (Å²) in [7, 11) is 0. The summed E-state index contributed by atoms with van der Waals surface area (Å²) < 4.78 is 13.0. The first-order chi connectivity index (χ1) is 13.5. The van der Waals surface area contributed by atoms with Crippen LogP contribution in [-0.2, 0) is 11.3 Å². The lowest BCUT2D eigenvalue weighted by atomic mass is 10.2. The van der Waals surface area contributed by atoms with Gasteiger partial charge in [-0.05, 0) is 61.2 Å². The second kappa shape index (κ2) is 9.55.